The third-order valence-corrected chi connectivity index (χ3v) is 5.80. The Morgan fingerprint density at radius 3 is 2.82 bits per heavy atom. The number of ether oxygens (including phenoxy) is 2. The Hall–Kier alpha value is -1.64. The first-order valence-electron chi connectivity index (χ1n) is 9.87. The molecule has 0 amide bonds. The van der Waals surface area contributed by atoms with Gasteiger partial charge in [-0.05, 0) is 43.9 Å². The van der Waals surface area contributed by atoms with Gasteiger partial charge in [0.25, 0.3) is 0 Å². The highest BCUT2D eigenvalue weighted by atomic mass is 32.2. The summed E-state index contributed by atoms with van der Waals surface area (Å²) in [7, 11) is -3.19. The van der Waals surface area contributed by atoms with E-state index in [0.717, 1.165) is 69.4 Å². The van der Waals surface area contributed by atoms with Crippen LogP contribution in [-0.4, -0.2) is 60.2 Å². The van der Waals surface area contributed by atoms with Crippen molar-refractivity contribution in [2.45, 2.75) is 38.1 Å². The van der Waals surface area contributed by atoms with Gasteiger partial charge < -0.3 is 20.1 Å². The summed E-state index contributed by atoms with van der Waals surface area (Å²) in [6.07, 6.45) is 3.23. The topological polar surface area (TPSA) is 89.0 Å². The molecule has 1 aliphatic heterocycles. The Morgan fingerprint density at radius 1 is 1.36 bits per heavy atom. The molecule has 2 N–H and O–H groups in total. The maximum absolute atomic E-state index is 11.7. The Morgan fingerprint density at radius 2 is 2.18 bits per heavy atom. The van der Waals surface area contributed by atoms with E-state index in [1.165, 1.54) is 6.26 Å². The zero-order valence-electron chi connectivity index (χ0n) is 17.2. The molecule has 0 saturated carbocycles. The molecule has 0 aliphatic carbocycles. The number of nitrogens with one attached hydrogen (secondary N) is 2. The van der Waals surface area contributed by atoms with E-state index in [-0.39, 0.29) is 0 Å². The molecule has 7 nitrogen and oxygen atoms in total. The van der Waals surface area contributed by atoms with E-state index in [2.05, 4.69) is 15.6 Å². The van der Waals surface area contributed by atoms with Crippen LogP contribution in [0, 0.1) is 12.8 Å². The molecular weight excluding hydrogens is 378 g/mol. The van der Waals surface area contributed by atoms with Crippen LogP contribution >= 0.6 is 0 Å². The minimum absolute atomic E-state index is 0.370. The average molecular weight is 412 g/mol. The van der Waals surface area contributed by atoms with Crippen LogP contribution in [0.3, 0.4) is 0 Å². The van der Waals surface area contributed by atoms with Crippen LogP contribution in [0.15, 0.2) is 28.1 Å². The minimum atomic E-state index is -3.19. The first-order valence-corrected chi connectivity index (χ1v) is 11.8. The second-order valence-corrected chi connectivity index (χ2v) is 9.14. The molecule has 1 aromatic rings. The summed E-state index contributed by atoms with van der Waals surface area (Å²) in [5.41, 5.74) is 1.72. The van der Waals surface area contributed by atoms with E-state index in [1.54, 1.807) is 6.07 Å². The number of hydrogen-bond acceptors (Lipinski definition) is 5. The Kier molecular flexibility index (Phi) is 9.21. The molecule has 1 unspecified atom stereocenters. The van der Waals surface area contributed by atoms with Crippen molar-refractivity contribution in [3.8, 4) is 0 Å². The Bertz CT molecular complexity index is 744. The van der Waals surface area contributed by atoms with Gasteiger partial charge in [0.15, 0.2) is 15.8 Å². The fourth-order valence-electron chi connectivity index (χ4n) is 3.08. The second-order valence-electron chi connectivity index (χ2n) is 7.15. The first kappa shape index (κ1) is 22.6. The fourth-order valence-corrected chi connectivity index (χ4v) is 4.04. The SMILES string of the molecule is CCNC(=NCc1ccc(S(C)(=O)=O)c(C)c1)NCCCOCC1CCOC1. The lowest BCUT2D eigenvalue weighted by Gasteiger charge is -2.12. The van der Waals surface area contributed by atoms with Crippen molar-refractivity contribution in [1.29, 1.82) is 0 Å². The van der Waals surface area contributed by atoms with Crippen molar-refractivity contribution in [1.82, 2.24) is 10.6 Å². The zero-order chi connectivity index (χ0) is 20.4. The lowest BCUT2D eigenvalue weighted by atomic mass is 10.1. The van der Waals surface area contributed by atoms with Crippen LogP contribution in [0.1, 0.15) is 30.9 Å². The highest BCUT2D eigenvalue weighted by Gasteiger charge is 2.15. The number of nitrogens with zero attached hydrogens (tertiary/aromatic N) is 1. The lowest BCUT2D eigenvalue weighted by molar-refractivity contribution is 0.0888. The molecule has 2 rings (SSSR count). The second kappa shape index (κ2) is 11.4. The largest absolute Gasteiger partial charge is 0.381 e. The van der Waals surface area contributed by atoms with Gasteiger partial charge >= 0.3 is 0 Å². The Labute approximate surface area is 168 Å². The van der Waals surface area contributed by atoms with Gasteiger partial charge in [-0.3, -0.25) is 0 Å². The van der Waals surface area contributed by atoms with Crippen LogP contribution in [-0.2, 0) is 25.9 Å². The summed E-state index contributed by atoms with van der Waals surface area (Å²) in [6.45, 7) is 9.04. The van der Waals surface area contributed by atoms with Crippen LogP contribution < -0.4 is 10.6 Å². The summed E-state index contributed by atoms with van der Waals surface area (Å²) in [4.78, 5) is 4.95. The molecule has 0 bridgehead atoms. The predicted molar refractivity (Wildman–Crippen MR) is 111 cm³/mol. The predicted octanol–water partition coefficient (Wildman–Crippen LogP) is 1.90. The van der Waals surface area contributed by atoms with Gasteiger partial charge in [0.1, 0.15) is 0 Å². The van der Waals surface area contributed by atoms with Crippen molar-refractivity contribution < 1.29 is 17.9 Å². The zero-order valence-corrected chi connectivity index (χ0v) is 18.0. The fraction of sp³-hybridized carbons (Fsp3) is 0.650. The molecule has 28 heavy (non-hydrogen) atoms. The average Bonchev–Trinajstić information content (AvgIpc) is 3.15. The molecule has 0 aromatic heterocycles. The molecule has 1 heterocycles. The van der Waals surface area contributed by atoms with Gasteiger partial charge in [0.05, 0.1) is 24.7 Å². The Balaban J connectivity index is 1.77. The van der Waals surface area contributed by atoms with Gasteiger partial charge in [-0.25, -0.2) is 13.4 Å². The van der Waals surface area contributed by atoms with E-state index >= 15 is 0 Å². The molecule has 0 spiro atoms. The number of benzene rings is 1. The summed E-state index contributed by atoms with van der Waals surface area (Å²) in [5, 5.41) is 6.53. The number of aryl methyl sites for hydroxylation is 1. The molecule has 0 radical (unpaired) electrons. The number of aliphatic imine (C=N–C) groups is 1. The molecule has 1 aliphatic rings. The number of sulfone groups is 1. The van der Waals surface area contributed by atoms with Gasteiger partial charge in [-0.1, -0.05) is 12.1 Å². The first-order chi connectivity index (χ1) is 13.4. The minimum Gasteiger partial charge on any atom is -0.381 e. The van der Waals surface area contributed by atoms with Crippen LogP contribution in [0.2, 0.25) is 0 Å². The van der Waals surface area contributed by atoms with Gasteiger partial charge in [-0.15, -0.1) is 0 Å². The van der Waals surface area contributed by atoms with Crippen LogP contribution in [0.25, 0.3) is 0 Å². The van der Waals surface area contributed by atoms with Crippen LogP contribution in [0.5, 0.6) is 0 Å². The van der Waals surface area contributed by atoms with Crippen LogP contribution in [0.4, 0.5) is 0 Å². The van der Waals surface area contributed by atoms with Gasteiger partial charge in [-0.2, -0.15) is 0 Å². The van der Waals surface area contributed by atoms with E-state index in [0.29, 0.717) is 17.4 Å². The third-order valence-electron chi connectivity index (χ3n) is 4.54. The maximum Gasteiger partial charge on any atom is 0.191 e. The quantitative estimate of drug-likeness (QED) is 0.347. The molecule has 1 saturated heterocycles. The summed E-state index contributed by atoms with van der Waals surface area (Å²) in [6, 6.07) is 5.35. The molecule has 158 valence electrons. The van der Waals surface area contributed by atoms with Crippen molar-refractivity contribution >= 4 is 15.8 Å². The van der Waals surface area contributed by atoms with Gasteiger partial charge in [0, 0.05) is 38.5 Å². The van der Waals surface area contributed by atoms with E-state index < -0.39 is 9.84 Å². The summed E-state index contributed by atoms with van der Waals surface area (Å²) in [5.74, 6) is 1.29. The monoisotopic (exact) mass is 411 g/mol. The van der Waals surface area contributed by atoms with Crippen molar-refractivity contribution in [2.75, 3.05) is 45.8 Å². The smallest absolute Gasteiger partial charge is 0.191 e. The molecule has 1 aromatic carbocycles. The maximum atomic E-state index is 11.7. The third kappa shape index (κ3) is 7.77. The lowest BCUT2D eigenvalue weighted by Crippen LogP contribution is -2.38. The van der Waals surface area contributed by atoms with E-state index in [4.69, 9.17) is 9.47 Å². The normalized spacial score (nSPS) is 17.7. The summed E-state index contributed by atoms with van der Waals surface area (Å²) < 4.78 is 34.5. The van der Waals surface area contributed by atoms with Gasteiger partial charge in [0.2, 0.25) is 0 Å². The summed E-state index contributed by atoms with van der Waals surface area (Å²) >= 11 is 0. The highest BCUT2D eigenvalue weighted by molar-refractivity contribution is 7.90. The van der Waals surface area contributed by atoms with E-state index in [9.17, 15) is 8.42 Å². The number of hydrogen-bond donors (Lipinski definition) is 2. The van der Waals surface area contributed by atoms with Crippen molar-refractivity contribution in [2.24, 2.45) is 10.9 Å². The molecule has 1 fully saturated rings. The molecule has 8 heteroatoms. The van der Waals surface area contributed by atoms with Crippen molar-refractivity contribution in [3.63, 3.8) is 0 Å². The number of guanidine groups is 1. The molecular formula is C20H33N3O4S. The number of rotatable bonds is 10. The highest BCUT2D eigenvalue weighted by Crippen LogP contribution is 2.17. The van der Waals surface area contributed by atoms with E-state index in [1.807, 2.05) is 26.0 Å². The standard InChI is InChI=1S/C20H33N3O4S/c1-4-21-20(22-9-5-10-26-14-18-8-11-27-15-18)23-13-17-6-7-19(16(2)12-17)28(3,24)25/h6-7,12,18H,4-5,8-11,13-15H2,1-3H3,(H2,21,22,23). The van der Waals surface area contributed by atoms with Crippen molar-refractivity contribution in [3.05, 3.63) is 29.3 Å². The molecule has 1 atom stereocenters.